The third-order valence-electron chi connectivity index (χ3n) is 5.14. The maximum Gasteiger partial charge on any atom is 0.433 e. The number of nitrogens with zero attached hydrogens (tertiary/aromatic N) is 4. The van der Waals surface area contributed by atoms with E-state index in [4.69, 9.17) is 0 Å². The van der Waals surface area contributed by atoms with Crippen LogP contribution in [-0.4, -0.2) is 37.5 Å². The maximum atomic E-state index is 13.6. The number of hydrogen-bond donors (Lipinski definition) is 0. The van der Waals surface area contributed by atoms with E-state index in [9.17, 15) is 18.0 Å². The number of carbonyl (C=O) groups excluding carboxylic acids is 1. The summed E-state index contributed by atoms with van der Waals surface area (Å²) in [5, 5.41) is 5.77. The van der Waals surface area contributed by atoms with Gasteiger partial charge in [0.25, 0.3) is 5.91 Å². The molecule has 1 saturated heterocycles. The minimum Gasteiger partial charge on any atom is -0.332 e. The molecule has 1 aliphatic rings. The lowest BCUT2D eigenvalue weighted by Crippen LogP contribution is -2.47. The molecule has 0 bridgehead atoms. The Balaban J connectivity index is 1.83. The molecule has 148 valence electrons. The predicted molar refractivity (Wildman–Crippen MR) is 100 cm³/mol. The molecule has 1 fully saturated rings. The van der Waals surface area contributed by atoms with Crippen molar-refractivity contribution in [3.63, 3.8) is 0 Å². The molecule has 3 aromatic heterocycles. The zero-order valence-electron chi connectivity index (χ0n) is 15.4. The summed E-state index contributed by atoms with van der Waals surface area (Å²) in [7, 11) is 0. The maximum absolute atomic E-state index is 13.6. The van der Waals surface area contributed by atoms with E-state index < -0.39 is 11.9 Å². The van der Waals surface area contributed by atoms with Gasteiger partial charge in [0, 0.05) is 18.2 Å². The van der Waals surface area contributed by atoms with Crippen molar-refractivity contribution in [3.8, 4) is 10.6 Å². The molecule has 0 unspecified atom stereocenters. The van der Waals surface area contributed by atoms with E-state index >= 15 is 0 Å². The fourth-order valence-electron chi connectivity index (χ4n) is 3.79. The Morgan fingerprint density at radius 1 is 1.21 bits per heavy atom. The smallest absolute Gasteiger partial charge is 0.332 e. The van der Waals surface area contributed by atoms with E-state index in [0.29, 0.717) is 4.88 Å². The summed E-state index contributed by atoms with van der Waals surface area (Å²) in [5.41, 5.74) is -0.728. The summed E-state index contributed by atoms with van der Waals surface area (Å²) < 4.78 is 41.7. The van der Waals surface area contributed by atoms with Gasteiger partial charge in [0.2, 0.25) is 0 Å². The Bertz CT molecular complexity index is 1000. The summed E-state index contributed by atoms with van der Waals surface area (Å²) in [5.74, 6) is -0.351. The minimum absolute atomic E-state index is 0.0121. The summed E-state index contributed by atoms with van der Waals surface area (Å²) in [6.45, 7) is 3.91. The molecule has 0 saturated carbocycles. The first-order valence-electron chi connectivity index (χ1n) is 9.10. The molecule has 1 aliphatic heterocycles. The average molecular weight is 408 g/mol. The highest BCUT2D eigenvalue weighted by Gasteiger charge is 2.37. The number of alkyl halides is 3. The second-order valence-electron chi connectivity index (χ2n) is 7.14. The van der Waals surface area contributed by atoms with Crippen molar-refractivity contribution < 1.29 is 18.0 Å². The summed E-state index contributed by atoms with van der Waals surface area (Å²) in [6, 6.07) is 5.84. The number of rotatable bonds is 2. The SMILES string of the molecule is C[C@H]1CCC[C@H](C)N1C(=O)c1cc2nc(-c3cccs3)cc(C(F)(F)F)n2n1. The van der Waals surface area contributed by atoms with Crippen LogP contribution in [0, 0.1) is 0 Å². The number of thiophene rings is 1. The first-order chi connectivity index (χ1) is 13.3. The zero-order valence-corrected chi connectivity index (χ0v) is 16.2. The van der Waals surface area contributed by atoms with Crippen molar-refractivity contribution in [3.05, 3.63) is 41.0 Å². The van der Waals surface area contributed by atoms with Gasteiger partial charge in [-0.25, -0.2) is 9.50 Å². The van der Waals surface area contributed by atoms with Crippen LogP contribution >= 0.6 is 11.3 Å². The lowest BCUT2D eigenvalue weighted by molar-refractivity contribution is -0.142. The highest BCUT2D eigenvalue weighted by Crippen LogP contribution is 2.34. The Hall–Kier alpha value is -2.42. The van der Waals surface area contributed by atoms with Crippen LogP contribution in [0.4, 0.5) is 13.2 Å². The number of hydrogen-bond acceptors (Lipinski definition) is 4. The molecule has 9 heteroatoms. The van der Waals surface area contributed by atoms with Crippen molar-refractivity contribution in [1.82, 2.24) is 19.5 Å². The number of amides is 1. The largest absolute Gasteiger partial charge is 0.433 e. The standard InChI is InChI=1S/C19H19F3N4OS/c1-11-5-3-6-12(2)25(11)18(27)14-10-17-23-13(15-7-4-8-28-15)9-16(19(20,21)22)26(17)24-14/h4,7-12H,3,5-6H2,1-2H3/t11-,12-/m0/s1. The van der Waals surface area contributed by atoms with Gasteiger partial charge < -0.3 is 4.90 Å². The third-order valence-corrected chi connectivity index (χ3v) is 6.03. The van der Waals surface area contributed by atoms with Crippen LogP contribution in [-0.2, 0) is 6.18 Å². The van der Waals surface area contributed by atoms with Gasteiger partial charge >= 0.3 is 6.18 Å². The second kappa shape index (κ2) is 6.88. The molecule has 4 heterocycles. The van der Waals surface area contributed by atoms with Crippen LogP contribution in [0.5, 0.6) is 0 Å². The van der Waals surface area contributed by atoms with Crippen molar-refractivity contribution in [1.29, 1.82) is 0 Å². The number of likely N-dealkylation sites (tertiary alicyclic amines) is 1. The van der Waals surface area contributed by atoms with Crippen LogP contribution in [0.1, 0.15) is 49.3 Å². The molecule has 0 spiro atoms. The molecule has 28 heavy (non-hydrogen) atoms. The first-order valence-corrected chi connectivity index (χ1v) is 9.98. The molecule has 4 rings (SSSR count). The third kappa shape index (κ3) is 3.28. The summed E-state index contributed by atoms with van der Waals surface area (Å²) in [6.07, 6.45) is -1.84. The normalized spacial score (nSPS) is 20.7. The average Bonchev–Trinajstić information content (AvgIpc) is 3.29. The van der Waals surface area contributed by atoms with Gasteiger partial charge in [-0.1, -0.05) is 6.07 Å². The van der Waals surface area contributed by atoms with Crippen molar-refractivity contribution in [2.45, 2.75) is 51.4 Å². The first kappa shape index (κ1) is 18.9. The summed E-state index contributed by atoms with van der Waals surface area (Å²) >= 11 is 1.31. The Morgan fingerprint density at radius 2 is 1.93 bits per heavy atom. The van der Waals surface area contributed by atoms with E-state index in [1.165, 1.54) is 17.4 Å². The van der Waals surface area contributed by atoms with Gasteiger partial charge in [-0.3, -0.25) is 4.79 Å². The Morgan fingerprint density at radius 3 is 2.54 bits per heavy atom. The highest BCUT2D eigenvalue weighted by atomic mass is 32.1. The van der Waals surface area contributed by atoms with Gasteiger partial charge in [0.1, 0.15) is 0 Å². The topological polar surface area (TPSA) is 50.5 Å². The van der Waals surface area contributed by atoms with E-state index in [-0.39, 0.29) is 35.0 Å². The zero-order chi connectivity index (χ0) is 20.1. The molecule has 0 aromatic carbocycles. The van der Waals surface area contributed by atoms with E-state index in [1.807, 2.05) is 13.8 Å². The molecule has 0 aliphatic carbocycles. The minimum atomic E-state index is -4.62. The van der Waals surface area contributed by atoms with Crippen LogP contribution < -0.4 is 0 Å². The quantitative estimate of drug-likeness (QED) is 0.607. The lowest BCUT2D eigenvalue weighted by Gasteiger charge is -2.38. The predicted octanol–water partition coefficient (Wildman–Crippen LogP) is 4.88. The van der Waals surface area contributed by atoms with Crippen LogP contribution in [0.2, 0.25) is 0 Å². The van der Waals surface area contributed by atoms with Gasteiger partial charge in [0.05, 0.1) is 10.6 Å². The van der Waals surface area contributed by atoms with Crippen molar-refractivity contribution >= 4 is 22.9 Å². The Labute approximate surface area is 163 Å². The van der Waals surface area contributed by atoms with Gasteiger partial charge in [-0.05, 0) is 50.6 Å². The summed E-state index contributed by atoms with van der Waals surface area (Å²) in [4.78, 5) is 19.7. The van der Waals surface area contributed by atoms with E-state index in [0.717, 1.165) is 29.8 Å². The van der Waals surface area contributed by atoms with Crippen LogP contribution in [0.25, 0.3) is 16.2 Å². The second-order valence-corrected chi connectivity index (χ2v) is 8.09. The number of aromatic nitrogens is 3. The molecule has 0 radical (unpaired) electrons. The van der Waals surface area contributed by atoms with E-state index in [1.54, 1.807) is 22.4 Å². The molecule has 1 amide bonds. The number of halogens is 3. The molecular formula is C19H19F3N4OS. The molecule has 2 atom stereocenters. The fraction of sp³-hybridized carbons (Fsp3) is 0.421. The van der Waals surface area contributed by atoms with Gasteiger partial charge in [-0.2, -0.15) is 18.3 Å². The van der Waals surface area contributed by atoms with Crippen molar-refractivity contribution in [2.75, 3.05) is 0 Å². The molecule has 0 N–H and O–H groups in total. The highest BCUT2D eigenvalue weighted by molar-refractivity contribution is 7.13. The van der Waals surface area contributed by atoms with Gasteiger partial charge in [0.15, 0.2) is 17.0 Å². The molecule has 3 aromatic rings. The molecular weight excluding hydrogens is 389 g/mol. The fourth-order valence-corrected chi connectivity index (χ4v) is 4.47. The Kier molecular flexibility index (Phi) is 4.65. The van der Waals surface area contributed by atoms with Crippen LogP contribution in [0.3, 0.4) is 0 Å². The van der Waals surface area contributed by atoms with Crippen LogP contribution in [0.15, 0.2) is 29.6 Å². The van der Waals surface area contributed by atoms with Gasteiger partial charge in [-0.15, -0.1) is 11.3 Å². The molecule has 5 nitrogen and oxygen atoms in total. The number of piperidine rings is 1. The number of carbonyl (C=O) groups is 1. The van der Waals surface area contributed by atoms with Crippen molar-refractivity contribution in [2.24, 2.45) is 0 Å². The number of fused-ring (bicyclic) bond motifs is 1. The lowest BCUT2D eigenvalue weighted by atomic mass is 9.97. The van der Waals surface area contributed by atoms with E-state index in [2.05, 4.69) is 10.1 Å². The monoisotopic (exact) mass is 408 g/mol.